The lowest BCUT2D eigenvalue weighted by Gasteiger charge is -2.15. The molecule has 4 heteroatoms. The summed E-state index contributed by atoms with van der Waals surface area (Å²) in [4.78, 5) is 11.6. The largest absolute Gasteiger partial charge is 0.378 e. The summed E-state index contributed by atoms with van der Waals surface area (Å²) in [6, 6.07) is 0.157. The Hall–Kier alpha value is -0.280. The summed E-state index contributed by atoms with van der Waals surface area (Å²) in [5.74, 6) is 0.111. The van der Waals surface area contributed by atoms with Crippen LogP contribution in [-0.2, 0) is 9.53 Å². The number of hydrogen-bond acceptors (Lipinski definition) is 2. The fraction of sp³-hybridized carbons (Fsp3) is 0.917. The molecule has 0 saturated carbocycles. The van der Waals surface area contributed by atoms with Gasteiger partial charge in [-0.05, 0) is 39.5 Å². The second-order valence-electron chi connectivity index (χ2n) is 4.66. The molecule has 1 amide bonds. The zero-order chi connectivity index (χ0) is 12.0. The summed E-state index contributed by atoms with van der Waals surface area (Å²) in [5, 5.41) is 3.06. The third kappa shape index (κ3) is 5.71. The van der Waals surface area contributed by atoms with Gasteiger partial charge in [0.15, 0.2) is 0 Å². The smallest absolute Gasteiger partial charge is 0.220 e. The highest BCUT2D eigenvalue weighted by molar-refractivity contribution is 6.20. The molecule has 1 heterocycles. The van der Waals surface area contributed by atoms with Crippen LogP contribution in [0.25, 0.3) is 0 Å². The lowest BCUT2D eigenvalue weighted by molar-refractivity contribution is -0.122. The predicted molar refractivity (Wildman–Crippen MR) is 65.7 cm³/mol. The third-order valence-electron chi connectivity index (χ3n) is 2.80. The van der Waals surface area contributed by atoms with Crippen molar-refractivity contribution in [3.05, 3.63) is 0 Å². The predicted octanol–water partition coefficient (Wildman–Crippen LogP) is 2.47. The molecule has 1 fully saturated rings. The molecule has 0 spiro atoms. The van der Waals surface area contributed by atoms with Gasteiger partial charge in [-0.1, -0.05) is 0 Å². The molecule has 1 aliphatic rings. The average Bonchev–Trinajstić information content (AvgIpc) is 2.65. The van der Waals surface area contributed by atoms with Crippen molar-refractivity contribution in [3.8, 4) is 0 Å². The molecule has 0 aliphatic carbocycles. The molecule has 1 N–H and O–H groups in total. The van der Waals surface area contributed by atoms with Crippen LogP contribution in [0.4, 0.5) is 0 Å². The summed E-state index contributed by atoms with van der Waals surface area (Å²) < 4.78 is 5.47. The fourth-order valence-corrected chi connectivity index (χ4v) is 2.32. The zero-order valence-electron chi connectivity index (χ0n) is 10.2. The molecule has 0 aromatic rings. The van der Waals surface area contributed by atoms with E-state index < -0.39 is 0 Å². The summed E-state index contributed by atoms with van der Waals surface area (Å²) in [5.41, 5.74) is 0. The van der Waals surface area contributed by atoms with Crippen LogP contribution in [-0.4, -0.2) is 30.0 Å². The first-order valence-electron chi connectivity index (χ1n) is 6.13. The molecule has 1 aliphatic heterocycles. The summed E-state index contributed by atoms with van der Waals surface area (Å²) in [7, 11) is 0. The molecule has 3 atom stereocenters. The van der Waals surface area contributed by atoms with E-state index in [1.807, 2.05) is 13.8 Å². The summed E-state index contributed by atoms with van der Waals surface area (Å²) in [6.07, 6.45) is 4.75. The van der Waals surface area contributed by atoms with Gasteiger partial charge in [0.25, 0.3) is 0 Å². The number of carbonyl (C=O) groups excluding carboxylic acids is 1. The first-order valence-corrected chi connectivity index (χ1v) is 6.56. The van der Waals surface area contributed by atoms with E-state index in [9.17, 15) is 4.79 Å². The topological polar surface area (TPSA) is 38.3 Å². The van der Waals surface area contributed by atoms with Crippen molar-refractivity contribution in [2.24, 2.45) is 0 Å². The third-order valence-corrected chi connectivity index (χ3v) is 2.98. The van der Waals surface area contributed by atoms with E-state index in [1.165, 1.54) is 0 Å². The van der Waals surface area contributed by atoms with E-state index in [1.54, 1.807) is 0 Å². The average molecular weight is 248 g/mol. The molecule has 94 valence electrons. The number of alkyl halides is 1. The van der Waals surface area contributed by atoms with E-state index in [0.717, 1.165) is 32.3 Å². The molecule has 3 unspecified atom stereocenters. The maximum Gasteiger partial charge on any atom is 0.220 e. The first kappa shape index (κ1) is 13.8. The van der Waals surface area contributed by atoms with Gasteiger partial charge in [-0.25, -0.2) is 0 Å². The number of ether oxygens (including phenoxy) is 1. The first-order chi connectivity index (χ1) is 7.58. The summed E-state index contributed by atoms with van der Waals surface area (Å²) in [6.45, 7) is 4.78. The van der Waals surface area contributed by atoms with E-state index >= 15 is 0 Å². The molecular weight excluding hydrogens is 226 g/mol. The van der Waals surface area contributed by atoms with Gasteiger partial charge in [0.2, 0.25) is 5.91 Å². The lowest BCUT2D eigenvalue weighted by atomic mass is 10.1. The quantitative estimate of drug-likeness (QED) is 0.733. The second-order valence-corrected chi connectivity index (χ2v) is 5.40. The Kier molecular flexibility index (Phi) is 6.14. The molecule has 1 saturated heterocycles. The number of halogens is 1. The second kappa shape index (κ2) is 7.13. The van der Waals surface area contributed by atoms with Gasteiger partial charge < -0.3 is 10.1 Å². The fourth-order valence-electron chi connectivity index (χ4n) is 2.06. The van der Waals surface area contributed by atoms with E-state index in [0.29, 0.717) is 12.5 Å². The van der Waals surface area contributed by atoms with Crippen LogP contribution < -0.4 is 5.32 Å². The van der Waals surface area contributed by atoms with Gasteiger partial charge in [0, 0.05) is 24.4 Å². The van der Waals surface area contributed by atoms with Gasteiger partial charge in [-0.3, -0.25) is 4.79 Å². The Morgan fingerprint density at radius 1 is 1.56 bits per heavy atom. The van der Waals surface area contributed by atoms with Gasteiger partial charge in [0.05, 0.1) is 6.10 Å². The molecule has 3 nitrogen and oxygen atoms in total. The number of nitrogens with one attached hydrogen (secondary N) is 1. The van der Waals surface area contributed by atoms with Crippen molar-refractivity contribution in [1.29, 1.82) is 0 Å². The molecule has 0 bridgehead atoms. The number of amides is 1. The van der Waals surface area contributed by atoms with E-state index in [4.69, 9.17) is 16.3 Å². The van der Waals surface area contributed by atoms with Crippen molar-refractivity contribution >= 4 is 17.5 Å². The van der Waals surface area contributed by atoms with Crippen molar-refractivity contribution < 1.29 is 9.53 Å². The Labute approximate surface area is 103 Å². The van der Waals surface area contributed by atoms with Crippen molar-refractivity contribution in [2.75, 3.05) is 6.61 Å². The monoisotopic (exact) mass is 247 g/mol. The highest BCUT2D eigenvalue weighted by Crippen LogP contribution is 2.16. The molecular formula is C12H22ClNO2. The lowest BCUT2D eigenvalue weighted by Crippen LogP contribution is -2.34. The minimum atomic E-state index is 0.105. The maximum atomic E-state index is 11.6. The highest BCUT2D eigenvalue weighted by Gasteiger charge is 2.17. The Balaban J connectivity index is 2.09. The standard InChI is InChI=1S/C12H22ClNO2/c1-9(13)8-10(2)14-12(15)6-5-11-4-3-7-16-11/h9-11H,3-8H2,1-2H3,(H,14,15). The van der Waals surface area contributed by atoms with E-state index in [2.05, 4.69) is 5.32 Å². The van der Waals surface area contributed by atoms with Crippen molar-refractivity contribution in [3.63, 3.8) is 0 Å². The number of rotatable bonds is 6. The van der Waals surface area contributed by atoms with Crippen molar-refractivity contribution in [1.82, 2.24) is 5.32 Å². The zero-order valence-corrected chi connectivity index (χ0v) is 10.9. The minimum absolute atomic E-state index is 0.105. The SMILES string of the molecule is CC(Cl)CC(C)NC(=O)CCC1CCCO1. The van der Waals surface area contributed by atoms with Crippen LogP contribution in [0.2, 0.25) is 0 Å². The Morgan fingerprint density at radius 3 is 2.88 bits per heavy atom. The number of hydrogen-bond donors (Lipinski definition) is 1. The maximum absolute atomic E-state index is 11.6. The van der Waals surface area contributed by atoms with Crippen LogP contribution in [0, 0.1) is 0 Å². The minimum Gasteiger partial charge on any atom is -0.378 e. The van der Waals surface area contributed by atoms with Crippen LogP contribution in [0.1, 0.15) is 46.0 Å². The van der Waals surface area contributed by atoms with Crippen LogP contribution >= 0.6 is 11.6 Å². The van der Waals surface area contributed by atoms with Crippen molar-refractivity contribution in [2.45, 2.75) is 63.5 Å². The molecule has 16 heavy (non-hydrogen) atoms. The normalized spacial score (nSPS) is 24.1. The number of carbonyl (C=O) groups is 1. The molecule has 0 radical (unpaired) electrons. The summed E-state index contributed by atoms with van der Waals surface area (Å²) >= 11 is 5.87. The molecule has 0 aromatic carbocycles. The molecule has 0 aromatic heterocycles. The highest BCUT2D eigenvalue weighted by atomic mass is 35.5. The Morgan fingerprint density at radius 2 is 2.31 bits per heavy atom. The van der Waals surface area contributed by atoms with Crippen LogP contribution in [0.5, 0.6) is 0 Å². The molecule has 1 rings (SSSR count). The van der Waals surface area contributed by atoms with Gasteiger partial charge >= 0.3 is 0 Å². The van der Waals surface area contributed by atoms with Gasteiger partial charge in [0.1, 0.15) is 0 Å². The van der Waals surface area contributed by atoms with Gasteiger partial charge in [-0.2, -0.15) is 0 Å². The van der Waals surface area contributed by atoms with Crippen LogP contribution in [0.3, 0.4) is 0 Å². The van der Waals surface area contributed by atoms with Gasteiger partial charge in [-0.15, -0.1) is 11.6 Å². The van der Waals surface area contributed by atoms with E-state index in [-0.39, 0.29) is 17.3 Å². The Bertz CT molecular complexity index is 215. The van der Waals surface area contributed by atoms with Crippen LogP contribution in [0.15, 0.2) is 0 Å².